The molecule has 1 heterocycles. The van der Waals surface area contributed by atoms with Gasteiger partial charge in [0, 0.05) is 15.2 Å². The van der Waals surface area contributed by atoms with Crippen molar-refractivity contribution >= 4 is 23.1 Å². The molecule has 0 amide bonds. The maximum Gasteiger partial charge on any atom is 0.0567 e. The van der Waals surface area contributed by atoms with Crippen LogP contribution in [0.1, 0.15) is 25.0 Å². The van der Waals surface area contributed by atoms with Crippen LogP contribution in [-0.4, -0.2) is 0 Å². The molecule has 0 spiro atoms. The molecule has 0 atom stereocenters. The zero-order chi connectivity index (χ0) is 15.9. The van der Waals surface area contributed by atoms with Gasteiger partial charge < -0.3 is 5.32 Å². The highest BCUT2D eigenvalue weighted by Crippen LogP contribution is 2.48. The minimum Gasteiger partial charge on any atom is -0.353 e. The summed E-state index contributed by atoms with van der Waals surface area (Å²) in [4.78, 5) is 2.58. The zero-order valence-corrected chi connectivity index (χ0v) is 14.2. The molecule has 1 aliphatic heterocycles. The first-order chi connectivity index (χ1) is 11.2. The fourth-order valence-electron chi connectivity index (χ4n) is 3.19. The van der Waals surface area contributed by atoms with Crippen molar-refractivity contribution in [3.8, 4) is 0 Å². The number of rotatable bonds is 2. The Labute approximate surface area is 141 Å². The molecule has 114 valence electrons. The predicted octanol–water partition coefficient (Wildman–Crippen LogP) is 6.22. The summed E-state index contributed by atoms with van der Waals surface area (Å²) in [7, 11) is 0. The molecule has 23 heavy (non-hydrogen) atoms. The Hall–Kier alpha value is -2.19. The number of hydrogen-bond acceptors (Lipinski definition) is 2. The van der Waals surface area contributed by atoms with Crippen molar-refractivity contribution in [3.63, 3.8) is 0 Å². The molecule has 0 saturated heterocycles. The van der Waals surface area contributed by atoms with E-state index in [-0.39, 0.29) is 5.41 Å². The van der Waals surface area contributed by atoms with E-state index in [1.54, 1.807) is 0 Å². The number of anilines is 2. The quantitative estimate of drug-likeness (QED) is 0.471. The highest BCUT2D eigenvalue weighted by Gasteiger charge is 2.29. The molecule has 0 aromatic heterocycles. The Balaban J connectivity index is 1.84. The Bertz CT molecular complexity index is 853. The van der Waals surface area contributed by atoms with Crippen LogP contribution in [0.25, 0.3) is 0 Å². The van der Waals surface area contributed by atoms with Gasteiger partial charge in [0.2, 0.25) is 0 Å². The number of benzene rings is 3. The van der Waals surface area contributed by atoms with E-state index in [2.05, 4.69) is 92.0 Å². The van der Waals surface area contributed by atoms with Gasteiger partial charge in [-0.2, -0.15) is 0 Å². The summed E-state index contributed by atoms with van der Waals surface area (Å²) in [6.45, 7) is 4.59. The van der Waals surface area contributed by atoms with Gasteiger partial charge in [-0.3, -0.25) is 0 Å². The monoisotopic (exact) mass is 317 g/mol. The van der Waals surface area contributed by atoms with Crippen molar-refractivity contribution in [2.24, 2.45) is 0 Å². The van der Waals surface area contributed by atoms with E-state index in [0.29, 0.717) is 0 Å². The SMILES string of the molecule is CC(C)(c1ccccc1)c1cccc2c1Nc1ccccc1S2. The number of nitrogens with one attached hydrogen (secondary N) is 1. The van der Waals surface area contributed by atoms with Crippen LogP contribution in [0.2, 0.25) is 0 Å². The van der Waals surface area contributed by atoms with Gasteiger partial charge >= 0.3 is 0 Å². The molecule has 1 N–H and O–H groups in total. The van der Waals surface area contributed by atoms with E-state index >= 15 is 0 Å². The molecule has 2 heteroatoms. The lowest BCUT2D eigenvalue weighted by Gasteiger charge is -2.32. The van der Waals surface area contributed by atoms with Crippen LogP contribution in [0.3, 0.4) is 0 Å². The lowest BCUT2D eigenvalue weighted by Crippen LogP contribution is -2.21. The third-order valence-electron chi connectivity index (χ3n) is 4.56. The molecule has 0 saturated carbocycles. The Morgan fingerprint density at radius 1 is 0.739 bits per heavy atom. The largest absolute Gasteiger partial charge is 0.353 e. The molecule has 4 rings (SSSR count). The van der Waals surface area contributed by atoms with E-state index < -0.39 is 0 Å². The van der Waals surface area contributed by atoms with Crippen LogP contribution in [0.15, 0.2) is 82.6 Å². The summed E-state index contributed by atoms with van der Waals surface area (Å²) in [6, 6.07) is 25.8. The van der Waals surface area contributed by atoms with Gasteiger partial charge in [0.25, 0.3) is 0 Å². The topological polar surface area (TPSA) is 12.0 Å². The fraction of sp³-hybridized carbons (Fsp3) is 0.143. The second kappa shape index (κ2) is 5.47. The van der Waals surface area contributed by atoms with E-state index in [0.717, 1.165) is 0 Å². The van der Waals surface area contributed by atoms with Crippen molar-refractivity contribution in [2.75, 3.05) is 5.32 Å². The molecule has 1 aliphatic rings. The van der Waals surface area contributed by atoms with Crippen LogP contribution >= 0.6 is 11.8 Å². The normalized spacial score (nSPS) is 13.0. The maximum absolute atomic E-state index is 3.66. The van der Waals surface area contributed by atoms with Gasteiger partial charge in [0.05, 0.1) is 11.4 Å². The van der Waals surface area contributed by atoms with E-state index in [4.69, 9.17) is 0 Å². The summed E-state index contributed by atoms with van der Waals surface area (Å²) in [5, 5.41) is 3.66. The minimum atomic E-state index is -0.0492. The molecule has 0 radical (unpaired) electrons. The molecular formula is C21H19NS. The van der Waals surface area contributed by atoms with E-state index in [1.165, 1.54) is 32.3 Å². The third kappa shape index (κ3) is 2.43. The van der Waals surface area contributed by atoms with Crippen LogP contribution in [0, 0.1) is 0 Å². The van der Waals surface area contributed by atoms with Gasteiger partial charge in [0.1, 0.15) is 0 Å². The summed E-state index contributed by atoms with van der Waals surface area (Å²) in [6.07, 6.45) is 0. The highest BCUT2D eigenvalue weighted by molar-refractivity contribution is 7.99. The summed E-state index contributed by atoms with van der Waals surface area (Å²) < 4.78 is 0. The first-order valence-corrected chi connectivity index (χ1v) is 8.71. The summed E-state index contributed by atoms with van der Waals surface area (Å²) in [5.74, 6) is 0. The summed E-state index contributed by atoms with van der Waals surface area (Å²) in [5.41, 5.74) is 5.06. The lowest BCUT2D eigenvalue weighted by molar-refractivity contribution is 0.641. The molecule has 3 aromatic rings. The smallest absolute Gasteiger partial charge is 0.0567 e. The Morgan fingerprint density at radius 3 is 2.26 bits per heavy atom. The molecule has 0 bridgehead atoms. The van der Waals surface area contributed by atoms with Crippen LogP contribution in [-0.2, 0) is 5.41 Å². The average molecular weight is 317 g/mol. The van der Waals surface area contributed by atoms with Gasteiger partial charge in [-0.15, -0.1) is 0 Å². The number of hydrogen-bond donors (Lipinski definition) is 1. The Kier molecular flexibility index (Phi) is 3.42. The molecule has 0 aliphatic carbocycles. The van der Waals surface area contributed by atoms with Gasteiger partial charge in [-0.05, 0) is 29.3 Å². The lowest BCUT2D eigenvalue weighted by atomic mass is 9.77. The molecule has 3 aromatic carbocycles. The molecule has 0 unspecified atom stereocenters. The second-order valence-corrected chi connectivity index (χ2v) is 7.48. The van der Waals surface area contributed by atoms with Crippen molar-refractivity contribution in [1.82, 2.24) is 0 Å². The van der Waals surface area contributed by atoms with Crippen molar-refractivity contribution < 1.29 is 0 Å². The van der Waals surface area contributed by atoms with Gasteiger partial charge in [-0.25, -0.2) is 0 Å². The number of fused-ring (bicyclic) bond motifs is 2. The predicted molar refractivity (Wildman–Crippen MR) is 98.9 cm³/mol. The van der Waals surface area contributed by atoms with Crippen LogP contribution < -0.4 is 5.32 Å². The van der Waals surface area contributed by atoms with Crippen molar-refractivity contribution in [3.05, 3.63) is 83.9 Å². The number of para-hydroxylation sites is 2. The van der Waals surface area contributed by atoms with Gasteiger partial charge in [0.15, 0.2) is 0 Å². The molecule has 1 nitrogen and oxygen atoms in total. The zero-order valence-electron chi connectivity index (χ0n) is 13.3. The standard InChI is InChI=1S/C21H19NS/c1-21(2,15-9-4-3-5-10-15)16-11-8-14-19-20(16)22-17-12-6-7-13-18(17)23-19/h3-14,22H,1-2H3. The van der Waals surface area contributed by atoms with Crippen LogP contribution in [0.4, 0.5) is 11.4 Å². The molecule has 0 fully saturated rings. The Morgan fingerprint density at radius 2 is 1.43 bits per heavy atom. The average Bonchev–Trinajstić information content (AvgIpc) is 2.60. The first-order valence-electron chi connectivity index (χ1n) is 7.89. The van der Waals surface area contributed by atoms with Crippen molar-refractivity contribution in [2.45, 2.75) is 29.1 Å². The molecular weight excluding hydrogens is 298 g/mol. The summed E-state index contributed by atoms with van der Waals surface area (Å²) >= 11 is 1.85. The minimum absolute atomic E-state index is 0.0492. The van der Waals surface area contributed by atoms with Gasteiger partial charge in [-0.1, -0.05) is 80.2 Å². The van der Waals surface area contributed by atoms with Crippen LogP contribution in [0.5, 0.6) is 0 Å². The maximum atomic E-state index is 3.66. The highest BCUT2D eigenvalue weighted by atomic mass is 32.2. The van der Waals surface area contributed by atoms with Crippen molar-refractivity contribution in [1.29, 1.82) is 0 Å². The fourth-order valence-corrected chi connectivity index (χ4v) is 4.21. The van der Waals surface area contributed by atoms with E-state index in [1.807, 2.05) is 11.8 Å². The third-order valence-corrected chi connectivity index (χ3v) is 5.70. The first kappa shape index (κ1) is 14.4. The van der Waals surface area contributed by atoms with E-state index in [9.17, 15) is 0 Å². The second-order valence-electron chi connectivity index (χ2n) is 6.39.